The van der Waals surface area contributed by atoms with Crippen LogP contribution < -0.4 is 5.32 Å². The van der Waals surface area contributed by atoms with Crippen LogP contribution in [0.4, 0.5) is 0 Å². The molecule has 5 nitrogen and oxygen atoms in total. The summed E-state index contributed by atoms with van der Waals surface area (Å²) >= 11 is 0. The predicted molar refractivity (Wildman–Crippen MR) is 64.6 cm³/mol. The molecule has 5 heteroatoms. The lowest BCUT2D eigenvalue weighted by molar-refractivity contribution is -0.139. The fourth-order valence-corrected chi connectivity index (χ4v) is 1.59. The number of nitrogens with one attached hydrogen (secondary N) is 1. The molecular weight excluding hydrogens is 222 g/mol. The topological polar surface area (TPSA) is 86.6 Å². The van der Waals surface area contributed by atoms with E-state index in [9.17, 15) is 9.59 Å². The molecule has 0 spiro atoms. The van der Waals surface area contributed by atoms with Gasteiger partial charge in [-0.25, -0.2) is 0 Å². The van der Waals surface area contributed by atoms with Crippen molar-refractivity contribution in [2.24, 2.45) is 5.41 Å². The molecule has 0 saturated carbocycles. The van der Waals surface area contributed by atoms with Gasteiger partial charge in [-0.2, -0.15) is 0 Å². The van der Waals surface area contributed by atoms with Crippen molar-refractivity contribution >= 4 is 11.9 Å². The van der Waals surface area contributed by atoms with Gasteiger partial charge in [0.1, 0.15) is 0 Å². The smallest absolute Gasteiger partial charge is 0.303 e. The quantitative estimate of drug-likeness (QED) is 0.560. The van der Waals surface area contributed by atoms with Gasteiger partial charge in [-0.3, -0.25) is 9.59 Å². The van der Waals surface area contributed by atoms with Gasteiger partial charge >= 0.3 is 5.97 Å². The fourth-order valence-electron chi connectivity index (χ4n) is 1.59. The molecule has 17 heavy (non-hydrogen) atoms. The monoisotopic (exact) mass is 245 g/mol. The van der Waals surface area contributed by atoms with Crippen LogP contribution in [0.1, 0.15) is 46.5 Å². The van der Waals surface area contributed by atoms with Gasteiger partial charge in [0.25, 0.3) is 0 Å². The summed E-state index contributed by atoms with van der Waals surface area (Å²) in [4.78, 5) is 22.1. The molecule has 0 aliphatic heterocycles. The molecule has 0 aromatic carbocycles. The summed E-state index contributed by atoms with van der Waals surface area (Å²) in [6.45, 7) is 5.75. The highest BCUT2D eigenvalue weighted by molar-refractivity contribution is 5.77. The molecule has 1 amide bonds. The third-order valence-corrected chi connectivity index (χ3v) is 2.39. The van der Waals surface area contributed by atoms with Crippen molar-refractivity contribution in [2.75, 3.05) is 6.54 Å². The van der Waals surface area contributed by atoms with Crippen molar-refractivity contribution in [3.05, 3.63) is 0 Å². The summed E-state index contributed by atoms with van der Waals surface area (Å²) in [5, 5.41) is 20.4. The Labute approximate surface area is 102 Å². The lowest BCUT2D eigenvalue weighted by Gasteiger charge is -2.21. The highest BCUT2D eigenvalue weighted by atomic mass is 16.4. The Balaban J connectivity index is 3.81. The minimum atomic E-state index is -0.892. The minimum absolute atomic E-state index is 0.0197. The van der Waals surface area contributed by atoms with Crippen LogP contribution in [0.5, 0.6) is 0 Å². The molecule has 0 radical (unpaired) electrons. The normalized spacial score (nSPS) is 13.2. The highest BCUT2D eigenvalue weighted by Gasteiger charge is 2.24. The van der Waals surface area contributed by atoms with Crippen molar-refractivity contribution in [3.63, 3.8) is 0 Å². The number of aliphatic hydroxyl groups is 1. The second-order valence-corrected chi connectivity index (χ2v) is 5.25. The molecule has 1 atom stereocenters. The minimum Gasteiger partial charge on any atom is -0.481 e. The summed E-state index contributed by atoms with van der Waals surface area (Å²) in [5.74, 6) is -1.03. The third kappa shape index (κ3) is 9.81. The molecule has 100 valence electrons. The number of aliphatic carboxylic acids is 1. The maximum absolute atomic E-state index is 11.5. The number of carbonyl (C=O) groups excluding carboxylic acids is 1. The first kappa shape index (κ1) is 15.9. The Hall–Kier alpha value is -1.10. The van der Waals surface area contributed by atoms with Gasteiger partial charge in [-0.15, -0.1) is 0 Å². The number of amides is 1. The van der Waals surface area contributed by atoms with Gasteiger partial charge in [0.15, 0.2) is 0 Å². The summed E-state index contributed by atoms with van der Waals surface area (Å²) in [7, 11) is 0. The highest BCUT2D eigenvalue weighted by Crippen LogP contribution is 2.24. The lowest BCUT2D eigenvalue weighted by atomic mass is 9.85. The van der Waals surface area contributed by atoms with E-state index in [0.717, 1.165) is 6.42 Å². The fraction of sp³-hybridized carbons (Fsp3) is 0.833. The number of carbonyl (C=O) groups is 2. The maximum Gasteiger partial charge on any atom is 0.303 e. The van der Waals surface area contributed by atoms with Gasteiger partial charge in [0.05, 0.1) is 12.5 Å². The molecule has 1 unspecified atom stereocenters. The Bertz CT molecular complexity index is 261. The molecule has 0 aromatic heterocycles. The van der Waals surface area contributed by atoms with Crippen LogP contribution in [0.2, 0.25) is 0 Å². The van der Waals surface area contributed by atoms with Crippen LogP contribution in [0.3, 0.4) is 0 Å². The number of aliphatic hydroxyl groups excluding tert-OH is 1. The zero-order valence-corrected chi connectivity index (χ0v) is 10.8. The number of carboxylic acid groups (broad SMARTS) is 1. The molecule has 0 aliphatic carbocycles. The largest absolute Gasteiger partial charge is 0.481 e. The van der Waals surface area contributed by atoms with E-state index < -0.39 is 11.4 Å². The van der Waals surface area contributed by atoms with Crippen molar-refractivity contribution < 1.29 is 19.8 Å². The van der Waals surface area contributed by atoms with E-state index in [0.29, 0.717) is 13.0 Å². The number of hydrogen-bond acceptors (Lipinski definition) is 3. The van der Waals surface area contributed by atoms with Crippen molar-refractivity contribution in [1.29, 1.82) is 0 Å². The first-order chi connectivity index (χ1) is 7.73. The summed E-state index contributed by atoms with van der Waals surface area (Å²) in [5.41, 5.74) is -0.528. The number of hydrogen-bond donors (Lipinski definition) is 3. The lowest BCUT2D eigenvalue weighted by Crippen LogP contribution is -2.31. The molecule has 0 saturated heterocycles. The average Bonchev–Trinajstić information content (AvgIpc) is 2.08. The molecule has 0 bridgehead atoms. The molecule has 0 aromatic rings. The zero-order chi connectivity index (χ0) is 13.5. The van der Waals surface area contributed by atoms with Crippen LogP contribution >= 0.6 is 0 Å². The molecule has 3 N–H and O–H groups in total. The molecule has 0 fully saturated rings. The van der Waals surface area contributed by atoms with Crippen molar-refractivity contribution in [3.8, 4) is 0 Å². The Kier molecular flexibility index (Phi) is 6.80. The molecule has 0 heterocycles. The van der Waals surface area contributed by atoms with Crippen LogP contribution in [0, 0.1) is 5.41 Å². The number of rotatable bonds is 8. The molecular formula is C12H23NO4. The maximum atomic E-state index is 11.5. The molecule has 0 rings (SSSR count). The Morgan fingerprint density at radius 2 is 1.88 bits per heavy atom. The standard InChI is InChI=1S/C12H23NO4/c1-9(14)5-4-6-13-10(15)7-12(2,3)8-11(16)17/h9,14H,4-8H2,1-3H3,(H,13,15)(H,16,17). The van der Waals surface area contributed by atoms with E-state index in [2.05, 4.69) is 5.32 Å². The van der Waals surface area contributed by atoms with Gasteiger partial charge < -0.3 is 15.5 Å². The first-order valence-electron chi connectivity index (χ1n) is 5.89. The van der Waals surface area contributed by atoms with Gasteiger partial charge in [-0.1, -0.05) is 13.8 Å². The Morgan fingerprint density at radius 1 is 1.29 bits per heavy atom. The van der Waals surface area contributed by atoms with E-state index >= 15 is 0 Å². The van der Waals surface area contributed by atoms with E-state index in [1.165, 1.54) is 0 Å². The van der Waals surface area contributed by atoms with Gasteiger partial charge in [0, 0.05) is 13.0 Å². The summed E-state index contributed by atoms with van der Waals surface area (Å²) in [6.07, 6.45) is 1.21. The van der Waals surface area contributed by atoms with Gasteiger partial charge in [-0.05, 0) is 25.2 Å². The predicted octanol–water partition coefficient (Wildman–Crippen LogP) is 1.15. The molecule has 0 aliphatic rings. The second-order valence-electron chi connectivity index (χ2n) is 5.25. The van der Waals surface area contributed by atoms with E-state index in [4.69, 9.17) is 10.2 Å². The van der Waals surface area contributed by atoms with E-state index in [1.54, 1.807) is 20.8 Å². The summed E-state index contributed by atoms with van der Waals surface area (Å²) in [6, 6.07) is 0. The van der Waals surface area contributed by atoms with Crippen LogP contribution in [-0.4, -0.2) is 34.7 Å². The SMILES string of the molecule is CC(O)CCCNC(=O)CC(C)(C)CC(=O)O. The summed E-state index contributed by atoms with van der Waals surface area (Å²) < 4.78 is 0. The second kappa shape index (κ2) is 7.27. The van der Waals surface area contributed by atoms with E-state index in [1.807, 2.05) is 0 Å². The van der Waals surface area contributed by atoms with Gasteiger partial charge in [0.2, 0.25) is 5.91 Å². The van der Waals surface area contributed by atoms with Crippen molar-refractivity contribution in [2.45, 2.75) is 52.6 Å². The van der Waals surface area contributed by atoms with Crippen LogP contribution in [0.25, 0.3) is 0 Å². The Morgan fingerprint density at radius 3 is 2.35 bits per heavy atom. The third-order valence-electron chi connectivity index (χ3n) is 2.39. The van der Waals surface area contributed by atoms with Crippen LogP contribution in [0.15, 0.2) is 0 Å². The zero-order valence-electron chi connectivity index (χ0n) is 10.8. The van der Waals surface area contributed by atoms with Crippen LogP contribution in [-0.2, 0) is 9.59 Å². The first-order valence-corrected chi connectivity index (χ1v) is 5.89. The van der Waals surface area contributed by atoms with Crippen molar-refractivity contribution in [1.82, 2.24) is 5.32 Å². The van der Waals surface area contributed by atoms with E-state index in [-0.39, 0.29) is 24.9 Å². The number of carboxylic acids is 1. The average molecular weight is 245 g/mol.